The topological polar surface area (TPSA) is 78.0 Å². The van der Waals surface area contributed by atoms with Crippen molar-refractivity contribution in [3.8, 4) is 0 Å². The third-order valence-corrected chi connectivity index (χ3v) is 4.15. The summed E-state index contributed by atoms with van der Waals surface area (Å²) in [5.74, 6) is 0.00528. The Labute approximate surface area is 117 Å². The molecule has 0 spiro atoms. The number of benzene rings is 1. The third kappa shape index (κ3) is 2.41. The highest BCUT2D eigenvalue weighted by Crippen LogP contribution is 2.24. The van der Waals surface area contributed by atoms with E-state index in [1.165, 1.54) is 0 Å². The molecule has 0 radical (unpaired) electrons. The highest BCUT2D eigenvalue weighted by Gasteiger charge is 2.27. The quantitative estimate of drug-likeness (QED) is 0.798. The number of para-hydroxylation sites is 1. The molecule has 5 nitrogen and oxygen atoms in total. The average Bonchev–Trinajstić information content (AvgIpc) is 2.92. The van der Waals surface area contributed by atoms with Crippen molar-refractivity contribution < 1.29 is 9.90 Å². The number of aromatic nitrogens is 2. The fourth-order valence-corrected chi connectivity index (χ4v) is 2.99. The summed E-state index contributed by atoms with van der Waals surface area (Å²) in [6.07, 6.45) is 4.13. The number of amides is 1. The molecule has 1 saturated carbocycles. The van der Waals surface area contributed by atoms with Crippen LogP contribution in [-0.2, 0) is 0 Å². The van der Waals surface area contributed by atoms with E-state index in [9.17, 15) is 9.90 Å². The van der Waals surface area contributed by atoms with Gasteiger partial charge < -0.3 is 10.4 Å². The maximum atomic E-state index is 12.4. The van der Waals surface area contributed by atoms with Crippen molar-refractivity contribution in [2.45, 2.75) is 31.7 Å². The molecular weight excluding hydrogens is 254 g/mol. The van der Waals surface area contributed by atoms with Gasteiger partial charge in [-0.05, 0) is 18.9 Å². The molecule has 20 heavy (non-hydrogen) atoms. The number of carbonyl (C=O) groups is 1. The van der Waals surface area contributed by atoms with Crippen LogP contribution < -0.4 is 5.32 Å². The van der Waals surface area contributed by atoms with Crippen LogP contribution in [0.25, 0.3) is 10.9 Å². The Balaban J connectivity index is 1.78. The minimum Gasteiger partial charge on any atom is -0.396 e. The summed E-state index contributed by atoms with van der Waals surface area (Å²) < 4.78 is 0. The lowest BCUT2D eigenvalue weighted by molar-refractivity contribution is 0.0869. The maximum Gasteiger partial charge on any atom is 0.272 e. The van der Waals surface area contributed by atoms with Gasteiger partial charge in [-0.1, -0.05) is 31.0 Å². The van der Waals surface area contributed by atoms with Crippen LogP contribution in [0.3, 0.4) is 0 Å². The molecule has 1 amide bonds. The Bertz CT molecular complexity index is 608. The largest absolute Gasteiger partial charge is 0.396 e. The van der Waals surface area contributed by atoms with E-state index < -0.39 is 0 Å². The second-order valence-electron chi connectivity index (χ2n) is 5.42. The average molecular weight is 273 g/mol. The zero-order chi connectivity index (χ0) is 13.9. The van der Waals surface area contributed by atoms with E-state index in [1.54, 1.807) is 0 Å². The number of fused-ring (bicyclic) bond motifs is 1. The van der Waals surface area contributed by atoms with Crippen LogP contribution in [0.1, 0.15) is 36.2 Å². The summed E-state index contributed by atoms with van der Waals surface area (Å²) in [7, 11) is 0. The molecule has 1 aromatic carbocycles. The van der Waals surface area contributed by atoms with Crippen LogP contribution in [0.2, 0.25) is 0 Å². The minimum atomic E-state index is -0.159. The normalized spacial score (nSPS) is 22.9. The lowest BCUT2D eigenvalue weighted by atomic mass is 9.85. The highest BCUT2D eigenvalue weighted by molar-refractivity contribution is 6.04. The van der Waals surface area contributed by atoms with Gasteiger partial charge in [0.15, 0.2) is 5.69 Å². The van der Waals surface area contributed by atoms with E-state index in [0.717, 1.165) is 36.6 Å². The first kappa shape index (κ1) is 13.1. The molecule has 3 rings (SSSR count). The smallest absolute Gasteiger partial charge is 0.272 e. The minimum absolute atomic E-state index is 0.0525. The number of hydrogen-bond donors (Lipinski definition) is 3. The highest BCUT2D eigenvalue weighted by atomic mass is 16.3. The first-order chi connectivity index (χ1) is 9.79. The van der Waals surface area contributed by atoms with Gasteiger partial charge in [0.1, 0.15) is 0 Å². The molecule has 1 aromatic heterocycles. The maximum absolute atomic E-state index is 12.4. The van der Waals surface area contributed by atoms with Crippen LogP contribution in [0, 0.1) is 5.92 Å². The Morgan fingerprint density at radius 3 is 3.00 bits per heavy atom. The molecule has 2 atom stereocenters. The van der Waals surface area contributed by atoms with Crippen LogP contribution in [-0.4, -0.2) is 33.9 Å². The molecule has 2 unspecified atom stereocenters. The second kappa shape index (κ2) is 5.63. The van der Waals surface area contributed by atoms with Crippen LogP contribution >= 0.6 is 0 Å². The molecule has 1 aliphatic carbocycles. The van der Waals surface area contributed by atoms with Gasteiger partial charge in [0.25, 0.3) is 5.91 Å². The fraction of sp³-hybridized carbons (Fsp3) is 0.467. The van der Waals surface area contributed by atoms with E-state index in [1.807, 2.05) is 24.3 Å². The lowest BCUT2D eigenvalue weighted by Gasteiger charge is -2.30. The van der Waals surface area contributed by atoms with E-state index in [0.29, 0.717) is 5.69 Å². The number of nitrogens with zero attached hydrogens (tertiary/aromatic N) is 1. The molecule has 106 valence electrons. The van der Waals surface area contributed by atoms with Gasteiger partial charge in [0, 0.05) is 24.0 Å². The number of aliphatic hydroxyl groups excluding tert-OH is 1. The first-order valence-electron chi connectivity index (χ1n) is 7.14. The number of nitrogens with one attached hydrogen (secondary N) is 2. The van der Waals surface area contributed by atoms with E-state index >= 15 is 0 Å². The summed E-state index contributed by atoms with van der Waals surface area (Å²) >= 11 is 0. The van der Waals surface area contributed by atoms with Crippen molar-refractivity contribution in [2.24, 2.45) is 5.92 Å². The van der Waals surface area contributed by atoms with Crippen LogP contribution in [0.15, 0.2) is 24.3 Å². The van der Waals surface area contributed by atoms with Gasteiger partial charge >= 0.3 is 0 Å². The van der Waals surface area contributed by atoms with Gasteiger partial charge in [-0.3, -0.25) is 9.89 Å². The Morgan fingerprint density at radius 2 is 2.15 bits per heavy atom. The molecule has 1 aliphatic rings. The zero-order valence-corrected chi connectivity index (χ0v) is 11.3. The van der Waals surface area contributed by atoms with Crippen LogP contribution in [0.5, 0.6) is 0 Å². The number of aromatic amines is 1. The number of carbonyl (C=O) groups excluding carboxylic acids is 1. The Hall–Kier alpha value is -1.88. The number of rotatable bonds is 3. The lowest BCUT2D eigenvalue weighted by Crippen LogP contribution is -2.43. The summed E-state index contributed by atoms with van der Waals surface area (Å²) in [5.41, 5.74) is 1.29. The van der Waals surface area contributed by atoms with Crippen LogP contribution in [0.4, 0.5) is 0 Å². The first-order valence-corrected chi connectivity index (χ1v) is 7.14. The second-order valence-corrected chi connectivity index (χ2v) is 5.42. The van der Waals surface area contributed by atoms with E-state index in [-0.39, 0.29) is 24.5 Å². The van der Waals surface area contributed by atoms with E-state index in [2.05, 4.69) is 15.5 Å². The number of H-pyrrole nitrogens is 1. The molecule has 2 aromatic rings. The SMILES string of the molecule is O=C(NC1CCCCC1CO)c1n[nH]c2ccccc12. The molecule has 3 N–H and O–H groups in total. The molecule has 0 bridgehead atoms. The standard InChI is InChI=1S/C15H19N3O2/c19-9-10-5-1-3-7-12(10)16-15(20)14-11-6-2-4-8-13(11)17-18-14/h2,4,6,8,10,12,19H,1,3,5,7,9H2,(H,16,20)(H,17,18). The van der Waals surface area contributed by atoms with Crippen molar-refractivity contribution in [3.05, 3.63) is 30.0 Å². The zero-order valence-electron chi connectivity index (χ0n) is 11.3. The van der Waals surface area contributed by atoms with Crippen molar-refractivity contribution in [2.75, 3.05) is 6.61 Å². The van der Waals surface area contributed by atoms with Gasteiger partial charge in [-0.25, -0.2) is 0 Å². The molecule has 5 heteroatoms. The van der Waals surface area contributed by atoms with Gasteiger partial charge in [0.2, 0.25) is 0 Å². The third-order valence-electron chi connectivity index (χ3n) is 4.15. The molecule has 1 fully saturated rings. The Kier molecular flexibility index (Phi) is 3.69. The summed E-state index contributed by atoms with van der Waals surface area (Å²) in [4.78, 5) is 12.4. The molecular formula is C15H19N3O2. The van der Waals surface area contributed by atoms with Gasteiger partial charge in [-0.2, -0.15) is 5.10 Å². The fourth-order valence-electron chi connectivity index (χ4n) is 2.99. The summed E-state index contributed by atoms with van der Waals surface area (Å²) in [6.45, 7) is 0.131. The Morgan fingerprint density at radius 1 is 1.35 bits per heavy atom. The molecule has 0 saturated heterocycles. The number of aliphatic hydroxyl groups is 1. The predicted octanol–water partition coefficient (Wildman–Crippen LogP) is 1.84. The van der Waals surface area contributed by atoms with Crippen molar-refractivity contribution in [1.29, 1.82) is 0 Å². The summed E-state index contributed by atoms with van der Waals surface area (Å²) in [5, 5.41) is 20.3. The summed E-state index contributed by atoms with van der Waals surface area (Å²) in [6, 6.07) is 7.64. The molecule has 1 heterocycles. The van der Waals surface area contributed by atoms with Crippen molar-refractivity contribution >= 4 is 16.8 Å². The monoisotopic (exact) mass is 273 g/mol. The number of hydrogen-bond acceptors (Lipinski definition) is 3. The van der Waals surface area contributed by atoms with Crippen molar-refractivity contribution in [3.63, 3.8) is 0 Å². The molecule has 0 aliphatic heterocycles. The predicted molar refractivity (Wildman–Crippen MR) is 76.4 cm³/mol. The van der Waals surface area contributed by atoms with E-state index in [4.69, 9.17) is 0 Å². The van der Waals surface area contributed by atoms with Gasteiger partial charge in [0.05, 0.1) is 5.52 Å². The van der Waals surface area contributed by atoms with Crippen molar-refractivity contribution in [1.82, 2.24) is 15.5 Å². The van der Waals surface area contributed by atoms with Gasteiger partial charge in [-0.15, -0.1) is 0 Å².